The van der Waals surface area contributed by atoms with Gasteiger partial charge in [0, 0.05) is 30.2 Å². The zero-order valence-corrected chi connectivity index (χ0v) is 14.7. The number of hydrogen-bond donors (Lipinski definition) is 2. The van der Waals surface area contributed by atoms with E-state index in [-0.39, 0.29) is 24.3 Å². The first-order valence-corrected chi connectivity index (χ1v) is 8.52. The molecule has 0 bridgehead atoms. The second-order valence-electron chi connectivity index (χ2n) is 7.68. The van der Waals surface area contributed by atoms with Gasteiger partial charge in [0.05, 0.1) is 13.2 Å². The van der Waals surface area contributed by atoms with E-state index < -0.39 is 0 Å². The molecule has 2 N–H and O–H groups in total. The minimum absolute atomic E-state index is 0.0784. The smallest absolute Gasteiger partial charge is 0.0558 e. The van der Waals surface area contributed by atoms with Crippen molar-refractivity contribution < 1.29 is 10.2 Å². The van der Waals surface area contributed by atoms with E-state index in [1.54, 1.807) is 0 Å². The standard InChI is InChI=1S/C17H36N2O2/c1-6-7-8-18(9-11-20)15-13-16(2,3)19(10-12-21)17(4,5)14-15/h15,20-21H,6-14H2,1-5H3. The van der Waals surface area contributed by atoms with Gasteiger partial charge in [-0.25, -0.2) is 0 Å². The third-order valence-electron chi connectivity index (χ3n) is 4.96. The summed E-state index contributed by atoms with van der Waals surface area (Å²) in [6.45, 7) is 14.4. The molecule has 0 unspecified atom stereocenters. The number of aliphatic hydroxyl groups excluding tert-OH is 2. The van der Waals surface area contributed by atoms with Gasteiger partial charge in [0.1, 0.15) is 0 Å². The minimum atomic E-state index is 0.0784. The number of unbranched alkanes of at least 4 members (excludes halogenated alkanes) is 1. The van der Waals surface area contributed by atoms with Crippen molar-refractivity contribution in [1.82, 2.24) is 9.80 Å². The fourth-order valence-electron chi connectivity index (χ4n) is 4.20. The largest absolute Gasteiger partial charge is 0.395 e. The van der Waals surface area contributed by atoms with E-state index in [0.29, 0.717) is 6.04 Å². The van der Waals surface area contributed by atoms with E-state index in [4.69, 9.17) is 0 Å². The van der Waals surface area contributed by atoms with Gasteiger partial charge in [-0.1, -0.05) is 13.3 Å². The average Bonchev–Trinajstić information content (AvgIpc) is 2.37. The highest BCUT2D eigenvalue weighted by Gasteiger charge is 2.46. The zero-order valence-electron chi connectivity index (χ0n) is 14.7. The van der Waals surface area contributed by atoms with E-state index in [1.165, 1.54) is 12.8 Å². The van der Waals surface area contributed by atoms with Crippen LogP contribution in [0.15, 0.2) is 0 Å². The third-order valence-corrected chi connectivity index (χ3v) is 4.96. The predicted molar refractivity (Wildman–Crippen MR) is 88.5 cm³/mol. The van der Waals surface area contributed by atoms with Crippen molar-refractivity contribution in [3.8, 4) is 0 Å². The molecule has 1 fully saturated rings. The van der Waals surface area contributed by atoms with E-state index in [2.05, 4.69) is 44.4 Å². The highest BCUT2D eigenvalue weighted by Crippen LogP contribution is 2.39. The Morgan fingerprint density at radius 3 is 2.00 bits per heavy atom. The maximum Gasteiger partial charge on any atom is 0.0558 e. The van der Waals surface area contributed by atoms with Crippen LogP contribution in [-0.4, -0.2) is 70.0 Å². The van der Waals surface area contributed by atoms with Crippen LogP contribution < -0.4 is 0 Å². The normalized spacial score (nSPS) is 22.9. The Hall–Kier alpha value is -0.160. The summed E-state index contributed by atoms with van der Waals surface area (Å²) in [6, 6.07) is 0.517. The van der Waals surface area contributed by atoms with Crippen LogP contribution in [0.1, 0.15) is 60.3 Å². The molecule has 0 aromatic rings. The summed E-state index contributed by atoms with van der Waals surface area (Å²) in [4.78, 5) is 4.93. The van der Waals surface area contributed by atoms with Crippen LogP contribution in [0.4, 0.5) is 0 Å². The number of β-amino-alcohol motifs (C(OH)–C–C–N with tert-alkyl or cyclic N) is 1. The number of rotatable bonds is 8. The van der Waals surface area contributed by atoms with E-state index >= 15 is 0 Å². The lowest BCUT2D eigenvalue weighted by atomic mass is 9.76. The molecule has 0 aliphatic carbocycles. The van der Waals surface area contributed by atoms with Crippen molar-refractivity contribution in [2.24, 2.45) is 0 Å². The summed E-state index contributed by atoms with van der Waals surface area (Å²) in [6.07, 6.45) is 4.58. The average molecular weight is 300 g/mol. The first kappa shape index (κ1) is 18.9. The predicted octanol–water partition coefficient (Wildman–Crippen LogP) is 2.09. The molecule has 0 aromatic carbocycles. The van der Waals surface area contributed by atoms with Gasteiger partial charge in [-0.2, -0.15) is 0 Å². The Morgan fingerprint density at radius 2 is 1.57 bits per heavy atom. The SMILES string of the molecule is CCCCN(CCO)C1CC(C)(C)N(CCO)C(C)(C)C1. The molecular weight excluding hydrogens is 264 g/mol. The molecule has 0 saturated carbocycles. The number of likely N-dealkylation sites (tertiary alicyclic amines) is 1. The highest BCUT2D eigenvalue weighted by molar-refractivity contribution is 5.02. The summed E-state index contributed by atoms with van der Waals surface area (Å²) in [5.41, 5.74) is 0.157. The molecule has 0 atom stereocenters. The summed E-state index contributed by atoms with van der Waals surface area (Å²) in [5.74, 6) is 0. The highest BCUT2D eigenvalue weighted by atomic mass is 16.3. The first-order valence-electron chi connectivity index (χ1n) is 8.52. The summed E-state index contributed by atoms with van der Waals surface area (Å²) < 4.78 is 0. The Morgan fingerprint density at radius 1 is 1.00 bits per heavy atom. The van der Waals surface area contributed by atoms with Gasteiger partial charge < -0.3 is 10.2 Å². The number of aliphatic hydroxyl groups is 2. The van der Waals surface area contributed by atoms with Crippen molar-refractivity contribution in [2.75, 3.05) is 32.8 Å². The van der Waals surface area contributed by atoms with Gasteiger partial charge in [0.2, 0.25) is 0 Å². The molecule has 21 heavy (non-hydrogen) atoms. The van der Waals surface area contributed by atoms with Crippen molar-refractivity contribution in [2.45, 2.75) is 77.4 Å². The topological polar surface area (TPSA) is 46.9 Å². The molecule has 0 radical (unpaired) electrons. The van der Waals surface area contributed by atoms with Gasteiger partial charge in [0.15, 0.2) is 0 Å². The van der Waals surface area contributed by atoms with Crippen LogP contribution in [0.5, 0.6) is 0 Å². The van der Waals surface area contributed by atoms with Crippen molar-refractivity contribution in [1.29, 1.82) is 0 Å². The molecule has 1 aliphatic rings. The number of piperidine rings is 1. The Balaban J connectivity index is 2.86. The molecule has 4 heteroatoms. The molecule has 1 rings (SSSR count). The van der Waals surface area contributed by atoms with Crippen LogP contribution in [0, 0.1) is 0 Å². The summed E-state index contributed by atoms with van der Waals surface area (Å²) in [5, 5.41) is 18.8. The van der Waals surface area contributed by atoms with E-state index in [9.17, 15) is 10.2 Å². The van der Waals surface area contributed by atoms with Crippen LogP contribution >= 0.6 is 0 Å². The molecule has 0 spiro atoms. The van der Waals surface area contributed by atoms with E-state index in [0.717, 1.165) is 32.5 Å². The molecule has 1 heterocycles. The fraction of sp³-hybridized carbons (Fsp3) is 1.00. The van der Waals surface area contributed by atoms with Gasteiger partial charge in [-0.05, 0) is 53.5 Å². The molecule has 0 aromatic heterocycles. The summed E-state index contributed by atoms with van der Waals surface area (Å²) in [7, 11) is 0. The molecule has 4 nitrogen and oxygen atoms in total. The third kappa shape index (κ3) is 4.92. The lowest BCUT2D eigenvalue weighted by molar-refractivity contribution is -0.0735. The Bertz CT molecular complexity index is 287. The van der Waals surface area contributed by atoms with Gasteiger partial charge >= 0.3 is 0 Å². The zero-order chi connectivity index (χ0) is 16.1. The fourth-order valence-corrected chi connectivity index (χ4v) is 4.20. The molecule has 1 aliphatic heterocycles. The Labute approximate surface area is 131 Å². The van der Waals surface area contributed by atoms with Crippen LogP contribution in [0.3, 0.4) is 0 Å². The maximum absolute atomic E-state index is 9.38. The summed E-state index contributed by atoms with van der Waals surface area (Å²) >= 11 is 0. The van der Waals surface area contributed by atoms with Crippen LogP contribution in [0.25, 0.3) is 0 Å². The van der Waals surface area contributed by atoms with Crippen molar-refractivity contribution >= 4 is 0 Å². The molecule has 126 valence electrons. The second kappa shape index (κ2) is 7.91. The van der Waals surface area contributed by atoms with Crippen molar-refractivity contribution in [3.63, 3.8) is 0 Å². The monoisotopic (exact) mass is 300 g/mol. The molecule has 0 amide bonds. The van der Waals surface area contributed by atoms with Gasteiger partial charge in [-0.3, -0.25) is 9.80 Å². The number of nitrogens with zero attached hydrogens (tertiary/aromatic N) is 2. The van der Waals surface area contributed by atoms with Gasteiger partial charge in [-0.15, -0.1) is 0 Å². The molecule has 1 saturated heterocycles. The quantitative estimate of drug-likeness (QED) is 0.720. The Kier molecular flexibility index (Phi) is 7.11. The lowest BCUT2D eigenvalue weighted by Gasteiger charge is -2.57. The lowest BCUT2D eigenvalue weighted by Crippen LogP contribution is -2.65. The first-order chi connectivity index (χ1) is 9.78. The van der Waals surface area contributed by atoms with Crippen molar-refractivity contribution in [3.05, 3.63) is 0 Å². The maximum atomic E-state index is 9.38. The molecular formula is C17H36N2O2. The van der Waals surface area contributed by atoms with Crippen LogP contribution in [-0.2, 0) is 0 Å². The van der Waals surface area contributed by atoms with Gasteiger partial charge in [0.25, 0.3) is 0 Å². The van der Waals surface area contributed by atoms with E-state index in [1.807, 2.05) is 0 Å². The minimum Gasteiger partial charge on any atom is -0.395 e. The second-order valence-corrected chi connectivity index (χ2v) is 7.68. The number of hydrogen-bond acceptors (Lipinski definition) is 4. The van der Waals surface area contributed by atoms with Crippen LogP contribution in [0.2, 0.25) is 0 Å².